The van der Waals surface area contributed by atoms with Gasteiger partial charge >= 0.3 is 11.9 Å². The number of carbonyl (C=O) groups is 2. The minimum Gasteiger partial charge on any atom is -0.481 e. The van der Waals surface area contributed by atoms with Crippen molar-refractivity contribution >= 4 is 11.9 Å². The topological polar surface area (TPSA) is 63.6 Å². The Balaban J connectivity index is 3.99. The van der Waals surface area contributed by atoms with Crippen molar-refractivity contribution < 1.29 is 19.4 Å². The summed E-state index contributed by atoms with van der Waals surface area (Å²) in [4.78, 5) is 23.3. The summed E-state index contributed by atoms with van der Waals surface area (Å²) in [7, 11) is 0. The van der Waals surface area contributed by atoms with E-state index in [4.69, 9.17) is 9.84 Å². The molecule has 302 valence electrons. The van der Waals surface area contributed by atoms with E-state index in [1.165, 1.54) is 141 Å². The van der Waals surface area contributed by atoms with Gasteiger partial charge in [-0.15, -0.1) is 0 Å². The molecule has 0 aliphatic carbocycles. The predicted molar refractivity (Wildman–Crippen MR) is 227 cm³/mol. The predicted octanol–water partition coefficient (Wildman–Crippen LogP) is 15.9. The molecule has 0 spiro atoms. The van der Waals surface area contributed by atoms with Gasteiger partial charge in [0.2, 0.25) is 0 Å². The van der Waals surface area contributed by atoms with Crippen molar-refractivity contribution in [1.29, 1.82) is 0 Å². The van der Waals surface area contributed by atoms with E-state index in [1.54, 1.807) is 0 Å². The molecule has 0 aromatic carbocycles. The van der Waals surface area contributed by atoms with Gasteiger partial charge in [0.05, 0.1) is 0 Å². The number of rotatable bonds is 41. The zero-order chi connectivity index (χ0) is 37.8. The molecule has 1 atom stereocenters. The molecule has 52 heavy (non-hydrogen) atoms. The number of aliphatic carboxylic acids is 1. The van der Waals surface area contributed by atoms with E-state index in [2.05, 4.69) is 62.5 Å². The number of ether oxygens (including phenoxy) is 1. The van der Waals surface area contributed by atoms with E-state index >= 15 is 0 Å². The van der Waals surface area contributed by atoms with Crippen molar-refractivity contribution in [1.82, 2.24) is 0 Å². The lowest BCUT2D eigenvalue weighted by Gasteiger charge is -2.18. The van der Waals surface area contributed by atoms with Gasteiger partial charge in [-0.05, 0) is 83.5 Å². The molecule has 0 heterocycles. The van der Waals surface area contributed by atoms with Crippen LogP contribution in [0, 0.1) is 0 Å². The molecule has 1 N–H and O–H groups in total. The summed E-state index contributed by atoms with van der Waals surface area (Å²) in [6.07, 6.45) is 58.7. The second-order valence-electron chi connectivity index (χ2n) is 15.2. The fourth-order valence-corrected chi connectivity index (χ4v) is 6.70. The SMILES string of the molecule is CCCCC/C=C\C/C=C\C/C=C\C/C=C\CCCCCCCC(=O)OC(CCCCCCCCC)CCCCCCCCCCCCCC(=O)O. The molecular weight excluding hydrogens is 641 g/mol. The first kappa shape index (κ1) is 49.9. The van der Waals surface area contributed by atoms with Gasteiger partial charge < -0.3 is 9.84 Å². The molecule has 0 rings (SSSR count). The fraction of sp³-hybridized carbons (Fsp3) is 0.792. The second kappa shape index (κ2) is 43.3. The quantitative estimate of drug-likeness (QED) is 0.0387. The number of unbranched alkanes of at least 4 members (excludes halogenated alkanes) is 24. The van der Waals surface area contributed by atoms with Crippen molar-refractivity contribution in [3.63, 3.8) is 0 Å². The number of carboxylic acid groups (broad SMARTS) is 1. The number of allylic oxidation sites excluding steroid dienone is 8. The summed E-state index contributed by atoms with van der Waals surface area (Å²) in [5.74, 6) is -0.648. The van der Waals surface area contributed by atoms with E-state index in [0.717, 1.165) is 70.6 Å². The molecule has 4 heteroatoms. The third-order valence-corrected chi connectivity index (χ3v) is 10.1. The lowest BCUT2D eigenvalue weighted by atomic mass is 10.0. The minimum absolute atomic E-state index is 0.0250. The van der Waals surface area contributed by atoms with Crippen molar-refractivity contribution in [2.75, 3.05) is 0 Å². The molecule has 0 fully saturated rings. The Hall–Kier alpha value is -2.10. The van der Waals surface area contributed by atoms with Gasteiger partial charge in [-0.25, -0.2) is 0 Å². The molecule has 4 nitrogen and oxygen atoms in total. The van der Waals surface area contributed by atoms with Crippen LogP contribution in [0.1, 0.15) is 239 Å². The van der Waals surface area contributed by atoms with Gasteiger partial charge in [-0.1, -0.05) is 191 Å². The Morgan fingerprint density at radius 1 is 0.423 bits per heavy atom. The zero-order valence-electron chi connectivity index (χ0n) is 34.6. The van der Waals surface area contributed by atoms with Gasteiger partial charge in [0, 0.05) is 12.8 Å². The first-order valence-corrected chi connectivity index (χ1v) is 22.6. The Kier molecular flexibility index (Phi) is 41.6. The maximum Gasteiger partial charge on any atom is 0.306 e. The molecular formula is C48H86O4. The van der Waals surface area contributed by atoms with Crippen LogP contribution in [0.2, 0.25) is 0 Å². The Morgan fingerprint density at radius 2 is 0.750 bits per heavy atom. The standard InChI is InChI=1S/C48H86O4/c1-3-5-7-9-11-12-13-14-15-16-17-18-19-20-21-22-26-29-33-37-41-45-48(51)52-46(42-38-34-30-10-8-6-4-2)43-39-35-31-27-24-23-25-28-32-36-40-44-47(49)50/h11-12,14-15,17-18,20-21,46H,3-10,13,16,19,22-45H2,1-2H3,(H,49,50)/b12-11-,15-14-,18-17-,21-20-. The van der Waals surface area contributed by atoms with Crippen LogP contribution in [0.25, 0.3) is 0 Å². The average molecular weight is 727 g/mol. The summed E-state index contributed by atoms with van der Waals surface area (Å²) >= 11 is 0. The van der Waals surface area contributed by atoms with E-state index in [9.17, 15) is 9.59 Å². The van der Waals surface area contributed by atoms with Crippen LogP contribution in [0.5, 0.6) is 0 Å². The highest BCUT2D eigenvalue weighted by molar-refractivity contribution is 5.69. The molecule has 1 unspecified atom stereocenters. The first-order chi connectivity index (χ1) is 25.6. The average Bonchev–Trinajstić information content (AvgIpc) is 3.13. The van der Waals surface area contributed by atoms with Crippen molar-refractivity contribution in [3.8, 4) is 0 Å². The van der Waals surface area contributed by atoms with Crippen molar-refractivity contribution in [2.45, 2.75) is 245 Å². The van der Waals surface area contributed by atoms with Crippen molar-refractivity contribution in [2.24, 2.45) is 0 Å². The van der Waals surface area contributed by atoms with E-state index in [1.807, 2.05) is 0 Å². The normalized spacial score (nSPS) is 12.7. The molecule has 0 aromatic heterocycles. The molecule has 0 saturated heterocycles. The summed E-state index contributed by atoms with van der Waals surface area (Å²) < 4.78 is 6.06. The third-order valence-electron chi connectivity index (χ3n) is 10.1. The zero-order valence-corrected chi connectivity index (χ0v) is 34.6. The number of carbonyl (C=O) groups excluding carboxylic acids is 1. The van der Waals surface area contributed by atoms with Gasteiger partial charge in [-0.3, -0.25) is 9.59 Å². The Morgan fingerprint density at radius 3 is 1.19 bits per heavy atom. The molecule has 0 saturated carbocycles. The summed E-state index contributed by atoms with van der Waals surface area (Å²) in [5.41, 5.74) is 0. The number of carboxylic acids is 1. The number of hydrogen-bond acceptors (Lipinski definition) is 3. The maximum atomic E-state index is 12.7. The highest BCUT2D eigenvalue weighted by atomic mass is 16.5. The summed E-state index contributed by atoms with van der Waals surface area (Å²) in [6.45, 7) is 4.52. The van der Waals surface area contributed by atoms with Crippen LogP contribution in [0.3, 0.4) is 0 Å². The number of hydrogen-bond donors (Lipinski definition) is 1. The third kappa shape index (κ3) is 42.3. The highest BCUT2D eigenvalue weighted by Crippen LogP contribution is 2.19. The van der Waals surface area contributed by atoms with Crippen LogP contribution in [-0.4, -0.2) is 23.1 Å². The van der Waals surface area contributed by atoms with Crippen LogP contribution >= 0.6 is 0 Å². The van der Waals surface area contributed by atoms with Gasteiger partial charge in [0.1, 0.15) is 6.10 Å². The Bertz CT molecular complexity index is 870. The van der Waals surface area contributed by atoms with Crippen LogP contribution < -0.4 is 0 Å². The molecule has 0 aromatic rings. The molecule has 0 aliphatic heterocycles. The molecule has 0 aliphatic rings. The van der Waals surface area contributed by atoms with Gasteiger partial charge in [-0.2, -0.15) is 0 Å². The molecule has 0 radical (unpaired) electrons. The number of esters is 1. The van der Waals surface area contributed by atoms with Gasteiger partial charge in [0.15, 0.2) is 0 Å². The van der Waals surface area contributed by atoms with Crippen molar-refractivity contribution in [3.05, 3.63) is 48.6 Å². The highest BCUT2D eigenvalue weighted by Gasteiger charge is 2.14. The lowest BCUT2D eigenvalue weighted by molar-refractivity contribution is -0.150. The maximum absolute atomic E-state index is 12.7. The Labute approximate surface area is 323 Å². The minimum atomic E-state index is -0.673. The van der Waals surface area contributed by atoms with Crippen LogP contribution in [0.4, 0.5) is 0 Å². The lowest BCUT2D eigenvalue weighted by Crippen LogP contribution is -2.18. The monoisotopic (exact) mass is 727 g/mol. The van der Waals surface area contributed by atoms with E-state index in [0.29, 0.717) is 12.8 Å². The molecule has 0 amide bonds. The van der Waals surface area contributed by atoms with E-state index < -0.39 is 5.97 Å². The van der Waals surface area contributed by atoms with E-state index in [-0.39, 0.29) is 12.1 Å². The summed E-state index contributed by atoms with van der Waals surface area (Å²) in [5, 5.41) is 8.72. The second-order valence-corrected chi connectivity index (χ2v) is 15.2. The fourth-order valence-electron chi connectivity index (χ4n) is 6.70. The summed E-state index contributed by atoms with van der Waals surface area (Å²) in [6, 6.07) is 0. The van der Waals surface area contributed by atoms with Crippen LogP contribution in [-0.2, 0) is 14.3 Å². The first-order valence-electron chi connectivity index (χ1n) is 22.6. The van der Waals surface area contributed by atoms with Crippen LogP contribution in [0.15, 0.2) is 48.6 Å². The smallest absolute Gasteiger partial charge is 0.306 e. The molecule has 0 bridgehead atoms. The largest absolute Gasteiger partial charge is 0.481 e. The van der Waals surface area contributed by atoms with Gasteiger partial charge in [0.25, 0.3) is 0 Å².